The van der Waals surface area contributed by atoms with E-state index in [-0.39, 0.29) is 0 Å². The molecule has 0 amide bonds. The van der Waals surface area contributed by atoms with E-state index in [1.165, 1.54) is 0 Å². The molecule has 0 saturated carbocycles. The summed E-state index contributed by atoms with van der Waals surface area (Å²) >= 11 is 0. The van der Waals surface area contributed by atoms with Gasteiger partial charge in [0.2, 0.25) is 0 Å². The molecule has 0 unspecified atom stereocenters. The molecule has 20 heavy (non-hydrogen) atoms. The maximum absolute atomic E-state index is 5.74. The monoisotopic (exact) mass is 281 g/mol. The number of ether oxygens (including phenoxy) is 2. The topological polar surface area (TPSA) is 60.6 Å². The van der Waals surface area contributed by atoms with Crippen molar-refractivity contribution in [2.45, 2.75) is 27.3 Å². The van der Waals surface area contributed by atoms with Crippen LogP contribution in [0.25, 0.3) is 0 Å². The maximum atomic E-state index is 5.74. The van der Waals surface area contributed by atoms with Crippen LogP contribution in [-0.2, 0) is 16.0 Å². The fourth-order valence-corrected chi connectivity index (χ4v) is 1.98. The summed E-state index contributed by atoms with van der Waals surface area (Å²) in [5.74, 6) is 0.949. The van der Waals surface area contributed by atoms with E-state index < -0.39 is 0 Å². The van der Waals surface area contributed by atoms with E-state index in [0.29, 0.717) is 19.8 Å². The van der Waals surface area contributed by atoms with Gasteiger partial charge in [-0.05, 0) is 38.5 Å². The van der Waals surface area contributed by atoms with Crippen molar-refractivity contribution in [1.29, 1.82) is 0 Å². The van der Waals surface area contributed by atoms with Crippen molar-refractivity contribution in [3.63, 3.8) is 0 Å². The van der Waals surface area contributed by atoms with E-state index in [4.69, 9.17) is 15.2 Å². The summed E-state index contributed by atoms with van der Waals surface area (Å²) in [7, 11) is 0. The average Bonchev–Trinajstić information content (AvgIpc) is 2.45. The molecular weight excluding hydrogens is 254 g/mol. The molecule has 1 rings (SSSR count). The molecule has 0 aliphatic carbocycles. The molecule has 0 radical (unpaired) electrons. The lowest BCUT2D eigenvalue weighted by Gasteiger charge is -2.24. The number of aryl methyl sites for hydroxylation is 1. The molecule has 0 saturated heterocycles. The molecule has 0 aromatic carbocycles. The summed E-state index contributed by atoms with van der Waals surface area (Å²) in [6.45, 7) is 11.0. The zero-order valence-electron chi connectivity index (χ0n) is 12.9. The van der Waals surface area contributed by atoms with Gasteiger partial charge in [-0.2, -0.15) is 0 Å². The first-order valence-electron chi connectivity index (χ1n) is 7.29. The minimum atomic E-state index is 0.529. The number of nitrogens with zero attached hydrogens (tertiary/aromatic N) is 2. The van der Waals surface area contributed by atoms with Gasteiger partial charge in [0.15, 0.2) is 0 Å². The maximum Gasteiger partial charge on any atom is 0.129 e. The number of hydrogen-bond donors (Lipinski definition) is 1. The lowest BCUT2D eigenvalue weighted by Crippen LogP contribution is -2.32. The van der Waals surface area contributed by atoms with Gasteiger partial charge in [-0.1, -0.05) is 0 Å². The van der Waals surface area contributed by atoms with Crippen molar-refractivity contribution in [3.05, 3.63) is 23.4 Å². The molecule has 0 spiro atoms. The van der Waals surface area contributed by atoms with E-state index >= 15 is 0 Å². The average molecular weight is 281 g/mol. The Labute approximate surface area is 122 Å². The van der Waals surface area contributed by atoms with Crippen LogP contribution in [0.3, 0.4) is 0 Å². The zero-order valence-corrected chi connectivity index (χ0v) is 12.9. The Kier molecular flexibility index (Phi) is 8.18. The minimum absolute atomic E-state index is 0.529. The zero-order chi connectivity index (χ0) is 14.8. The predicted molar refractivity (Wildman–Crippen MR) is 82.1 cm³/mol. The highest BCUT2D eigenvalue weighted by atomic mass is 16.5. The van der Waals surface area contributed by atoms with Crippen LogP contribution < -0.4 is 10.6 Å². The van der Waals surface area contributed by atoms with Crippen LogP contribution in [0.2, 0.25) is 0 Å². The van der Waals surface area contributed by atoms with Crippen LogP contribution in [0.4, 0.5) is 5.82 Å². The van der Waals surface area contributed by atoms with Gasteiger partial charge in [0.25, 0.3) is 0 Å². The minimum Gasteiger partial charge on any atom is -0.380 e. The third-order valence-corrected chi connectivity index (χ3v) is 2.98. The van der Waals surface area contributed by atoms with Crippen LogP contribution >= 0.6 is 0 Å². The van der Waals surface area contributed by atoms with Crippen LogP contribution in [0.1, 0.15) is 25.1 Å². The predicted octanol–water partition coefficient (Wildman–Crippen LogP) is 1.73. The lowest BCUT2D eigenvalue weighted by atomic mass is 10.2. The van der Waals surface area contributed by atoms with Crippen molar-refractivity contribution in [1.82, 2.24) is 4.98 Å². The van der Waals surface area contributed by atoms with Gasteiger partial charge in [0, 0.05) is 38.5 Å². The first-order valence-corrected chi connectivity index (χ1v) is 7.29. The molecule has 0 bridgehead atoms. The summed E-state index contributed by atoms with van der Waals surface area (Å²) in [5.41, 5.74) is 7.82. The van der Waals surface area contributed by atoms with Crippen molar-refractivity contribution in [3.8, 4) is 0 Å². The highest BCUT2D eigenvalue weighted by Crippen LogP contribution is 2.14. The Morgan fingerprint density at radius 3 is 2.20 bits per heavy atom. The summed E-state index contributed by atoms with van der Waals surface area (Å²) in [6.07, 6.45) is 0. The second-order valence-corrected chi connectivity index (χ2v) is 4.56. The second-order valence-electron chi connectivity index (χ2n) is 4.56. The van der Waals surface area contributed by atoms with Crippen LogP contribution in [0, 0.1) is 6.92 Å². The molecule has 1 heterocycles. The Morgan fingerprint density at radius 1 is 1.10 bits per heavy atom. The van der Waals surface area contributed by atoms with Crippen molar-refractivity contribution < 1.29 is 9.47 Å². The molecule has 0 atom stereocenters. The van der Waals surface area contributed by atoms with Crippen molar-refractivity contribution >= 4 is 5.82 Å². The molecule has 0 fully saturated rings. The summed E-state index contributed by atoms with van der Waals surface area (Å²) in [4.78, 5) is 6.79. The van der Waals surface area contributed by atoms with Gasteiger partial charge < -0.3 is 20.1 Å². The first-order chi connectivity index (χ1) is 9.71. The third kappa shape index (κ3) is 5.86. The fraction of sp³-hybridized carbons (Fsp3) is 0.667. The van der Waals surface area contributed by atoms with E-state index in [1.807, 2.05) is 32.9 Å². The summed E-state index contributed by atoms with van der Waals surface area (Å²) < 4.78 is 10.9. The molecule has 1 aromatic rings. The Morgan fingerprint density at radius 2 is 1.70 bits per heavy atom. The van der Waals surface area contributed by atoms with Gasteiger partial charge >= 0.3 is 0 Å². The van der Waals surface area contributed by atoms with E-state index in [1.54, 1.807) is 0 Å². The highest BCUT2D eigenvalue weighted by molar-refractivity contribution is 5.42. The molecule has 0 aliphatic rings. The van der Waals surface area contributed by atoms with Gasteiger partial charge in [0.05, 0.1) is 13.2 Å². The van der Waals surface area contributed by atoms with Crippen molar-refractivity contribution in [2.75, 3.05) is 44.4 Å². The first kappa shape index (κ1) is 16.9. The van der Waals surface area contributed by atoms with Gasteiger partial charge in [0.1, 0.15) is 5.82 Å². The van der Waals surface area contributed by atoms with Crippen molar-refractivity contribution in [2.24, 2.45) is 5.73 Å². The van der Waals surface area contributed by atoms with Gasteiger partial charge in [-0.15, -0.1) is 0 Å². The van der Waals surface area contributed by atoms with Crippen LogP contribution in [0.5, 0.6) is 0 Å². The number of anilines is 1. The number of aromatic nitrogens is 1. The lowest BCUT2D eigenvalue weighted by molar-refractivity contribution is 0.141. The smallest absolute Gasteiger partial charge is 0.129 e. The third-order valence-electron chi connectivity index (χ3n) is 2.98. The normalized spacial score (nSPS) is 10.8. The highest BCUT2D eigenvalue weighted by Gasteiger charge is 2.09. The molecule has 0 aliphatic heterocycles. The summed E-state index contributed by atoms with van der Waals surface area (Å²) in [6, 6.07) is 4.07. The summed E-state index contributed by atoms with van der Waals surface area (Å²) in [5, 5.41) is 0. The fourth-order valence-electron chi connectivity index (χ4n) is 1.98. The standard InChI is InChI=1S/C15H27N3O2/c1-4-19-8-6-18(7-9-20-5-2)15-11-14(12-16)10-13(3)17-15/h10-11H,4-9,12,16H2,1-3H3. The molecular formula is C15H27N3O2. The number of pyridine rings is 1. The second kappa shape index (κ2) is 9.69. The van der Waals surface area contributed by atoms with Crippen LogP contribution in [0.15, 0.2) is 12.1 Å². The molecule has 5 heteroatoms. The molecule has 114 valence electrons. The molecule has 2 N–H and O–H groups in total. The van der Waals surface area contributed by atoms with E-state index in [0.717, 1.165) is 43.4 Å². The van der Waals surface area contributed by atoms with Crippen LogP contribution in [-0.4, -0.2) is 44.5 Å². The number of rotatable bonds is 10. The SMILES string of the molecule is CCOCCN(CCOCC)c1cc(CN)cc(C)n1. The van der Waals surface area contributed by atoms with Gasteiger partial charge in [-0.25, -0.2) is 4.98 Å². The Hall–Kier alpha value is -1.17. The Balaban J connectivity index is 2.75. The quantitative estimate of drug-likeness (QED) is 0.662. The molecule has 5 nitrogen and oxygen atoms in total. The van der Waals surface area contributed by atoms with E-state index in [2.05, 4.69) is 9.88 Å². The largest absolute Gasteiger partial charge is 0.380 e. The van der Waals surface area contributed by atoms with E-state index in [9.17, 15) is 0 Å². The van der Waals surface area contributed by atoms with Gasteiger partial charge in [-0.3, -0.25) is 0 Å². The molecule has 1 aromatic heterocycles. The number of nitrogens with two attached hydrogens (primary N) is 1. The Bertz CT molecular complexity index is 375. The number of hydrogen-bond acceptors (Lipinski definition) is 5.